The largest absolute Gasteiger partial charge is 0.465 e. The monoisotopic (exact) mass is 197 g/mol. The van der Waals surface area contributed by atoms with Crippen LogP contribution in [0.1, 0.15) is 30.4 Å². The number of methoxy groups -OCH3 is 1. The van der Waals surface area contributed by atoms with Gasteiger partial charge < -0.3 is 14.5 Å². The lowest BCUT2D eigenvalue weighted by Gasteiger charge is -2.12. The molecule has 1 N–H and O–H groups in total. The van der Waals surface area contributed by atoms with Gasteiger partial charge in [-0.25, -0.2) is 0 Å². The molecule has 0 bridgehead atoms. The normalized spacial score (nSPS) is 13.1. The molecule has 1 atom stereocenters. The number of hydrogen-bond donors (Lipinski definition) is 1. The van der Waals surface area contributed by atoms with E-state index in [1.807, 2.05) is 26.1 Å². The zero-order valence-corrected chi connectivity index (χ0v) is 9.17. The van der Waals surface area contributed by atoms with Crippen molar-refractivity contribution in [1.29, 1.82) is 0 Å². The van der Waals surface area contributed by atoms with Crippen molar-refractivity contribution >= 4 is 0 Å². The van der Waals surface area contributed by atoms with Crippen molar-refractivity contribution in [1.82, 2.24) is 5.32 Å². The van der Waals surface area contributed by atoms with Crippen molar-refractivity contribution in [2.24, 2.45) is 0 Å². The maximum atomic E-state index is 5.56. The number of hydrogen-bond acceptors (Lipinski definition) is 3. The number of nitrogens with one attached hydrogen (secondary N) is 1. The van der Waals surface area contributed by atoms with Crippen LogP contribution in [-0.2, 0) is 4.74 Å². The van der Waals surface area contributed by atoms with E-state index in [4.69, 9.17) is 9.15 Å². The Labute approximate surface area is 85.4 Å². The fourth-order valence-electron chi connectivity index (χ4n) is 1.50. The van der Waals surface area contributed by atoms with Gasteiger partial charge >= 0.3 is 0 Å². The SMILES string of the molecule is CNC(CCCOC)c1ccc(C)o1. The molecule has 0 amide bonds. The van der Waals surface area contributed by atoms with E-state index in [9.17, 15) is 0 Å². The molecule has 1 heterocycles. The first-order valence-electron chi connectivity index (χ1n) is 5.00. The smallest absolute Gasteiger partial charge is 0.121 e. The standard InChI is InChI=1S/C11H19NO2/c1-9-6-7-11(14-9)10(12-2)5-4-8-13-3/h6-7,10,12H,4-5,8H2,1-3H3. The maximum Gasteiger partial charge on any atom is 0.121 e. The Balaban J connectivity index is 2.45. The zero-order valence-electron chi connectivity index (χ0n) is 9.17. The Morgan fingerprint density at radius 3 is 2.79 bits per heavy atom. The molecule has 0 fully saturated rings. The molecule has 0 spiro atoms. The van der Waals surface area contributed by atoms with Crippen molar-refractivity contribution in [2.75, 3.05) is 20.8 Å². The fourth-order valence-corrected chi connectivity index (χ4v) is 1.50. The van der Waals surface area contributed by atoms with E-state index in [-0.39, 0.29) is 0 Å². The van der Waals surface area contributed by atoms with Crippen LogP contribution in [0.4, 0.5) is 0 Å². The second-order valence-corrected chi connectivity index (χ2v) is 3.42. The van der Waals surface area contributed by atoms with Crippen LogP contribution in [0.5, 0.6) is 0 Å². The lowest BCUT2D eigenvalue weighted by molar-refractivity contribution is 0.187. The van der Waals surface area contributed by atoms with Gasteiger partial charge in [-0.1, -0.05) is 0 Å². The molecule has 3 heteroatoms. The summed E-state index contributed by atoms with van der Waals surface area (Å²) in [6.45, 7) is 2.77. The number of aryl methyl sites for hydroxylation is 1. The van der Waals surface area contributed by atoms with E-state index >= 15 is 0 Å². The molecule has 0 saturated carbocycles. The molecular weight excluding hydrogens is 178 g/mol. The van der Waals surface area contributed by atoms with Gasteiger partial charge in [-0.15, -0.1) is 0 Å². The Kier molecular flexibility index (Phi) is 4.70. The van der Waals surface area contributed by atoms with Crippen LogP contribution in [-0.4, -0.2) is 20.8 Å². The minimum Gasteiger partial charge on any atom is -0.465 e. The third kappa shape index (κ3) is 3.16. The minimum atomic E-state index is 0.304. The molecule has 0 aliphatic carbocycles. The second kappa shape index (κ2) is 5.83. The van der Waals surface area contributed by atoms with Crippen molar-refractivity contribution in [3.8, 4) is 0 Å². The molecule has 80 valence electrons. The van der Waals surface area contributed by atoms with E-state index in [2.05, 4.69) is 5.32 Å². The molecule has 1 unspecified atom stereocenters. The maximum absolute atomic E-state index is 5.56. The summed E-state index contributed by atoms with van der Waals surface area (Å²) in [5.74, 6) is 1.98. The van der Waals surface area contributed by atoms with Crippen LogP contribution in [0.15, 0.2) is 16.5 Å². The quantitative estimate of drug-likeness (QED) is 0.710. The van der Waals surface area contributed by atoms with E-state index < -0.39 is 0 Å². The van der Waals surface area contributed by atoms with Gasteiger partial charge in [0.05, 0.1) is 6.04 Å². The van der Waals surface area contributed by atoms with Crippen LogP contribution < -0.4 is 5.32 Å². The number of furan rings is 1. The minimum absolute atomic E-state index is 0.304. The molecule has 0 radical (unpaired) electrons. The van der Waals surface area contributed by atoms with Crippen LogP contribution in [0, 0.1) is 6.92 Å². The highest BCUT2D eigenvalue weighted by atomic mass is 16.5. The van der Waals surface area contributed by atoms with Gasteiger partial charge in [0, 0.05) is 13.7 Å². The summed E-state index contributed by atoms with van der Waals surface area (Å²) >= 11 is 0. The highest BCUT2D eigenvalue weighted by molar-refractivity contribution is 5.09. The zero-order chi connectivity index (χ0) is 10.4. The molecule has 0 aromatic carbocycles. The van der Waals surface area contributed by atoms with E-state index in [0.29, 0.717) is 6.04 Å². The Morgan fingerprint density at radius 2 is 2.29 bits per heavy atom. The van der Waals surface area contributed by atoms with E-state index in [0.717, 1.165) is 31.0 Å². The Morgan fingerprint density at radius 1 is 1.50 bits per heavy atom. The first-order chi connectivity index (χ1) is 6.77. The molecule has 1 aromatic heterocycles. The molecule has 14 heavy (non-hydrogen) atoms. The first-order valence-corrected chi connectivity index (χ1v) is 5.00. The second-order valence-electron chi connectivity index (χ2n) is 3.42. The number of ether oxygens (including phenoxy) is 1. The van der Waals surface area contributed by atoms with Gasteiger partial charge in [0.2, 0.25) is 0 Å². The molecular formula is C11H19NO2. The summed E-state index contributed by atoms with van der Waals surface area (Å²) in [6, 6.07) is 4.33. The van der Waals surface area contributed by atoms with Crippen LogP contribution in [0.25, 0.3) is 0 Å². The third-order valence-electron chi connectivity index (χ3n) is 2.29. The van der Waals surface area contributed by atoms with Gasteiger partial charge in [-0.3, -0.25) is 0 Å². The van der Waals surface area contributed by atoms with Crippen molar-refractivity contribution in [2.45, 2.75) is 25.8 Å². The Hall–Kier alpha value is -0.800. The summed E-state index contributed by atoms with van der Waals surface area (Å²) in [6.07, 6.45) is 2.08. The molecule has 0 saturated heterocycles. The summed E-state index contributed by atoms with van der Waals surface area (Å²) < 4.78 is 10.6. The molecule has 1 rings (SSSR count). The van der Waals surface area contributed by atoms with Crippen molar-refractivity contribution in [3.05, 3.63) is 23.7 Å². The lowest BCUT2D eigenvalue weighted by Crippen LogP contribution is -2.16. The Bertz CT molecular complexity index is 258. The average molecular weight is 197 g/mol. The predicted octanol–water partition coefficient (Wildman–Crippen LogP) is 2.28. The first kappa shape index (κ1) is 11.3. The van der Waals surface area contributed by atoms with Gasteiger partial charge in [0.1, 0.15) is 11.5 Å². The van der Waals surface area contributed by atoms with Gasteiger partial charge in [0.15, 0.2) is 0 Å². The summed E-state index contributed by atoms with van der Waals surface area (Å²) in [4.78, 5) is 0. The van der Waals surface area contributed by atoms with Crippen molar-refractivity contribution < 1.29 is 9.15 Å². The highest BCUT2D eigenvalue weighted by Crippen LogP contribution is 2.20. The van der Waals surface area contributed by atoms with Crippen molar-refractivity contribution in [3.63, 3.8) is 0 Å². The van der Waals surface area contributed by atoms with E-state index in [1.54, 1.807) is 7.11 Å². The van der Waals surface area contributed by atoms with Gasteiger partial charge in [-0.05, 0) is 38.9 Å². The molecule has 0 aliphatic rings. The fraction of sp³-hybridized carbons (Fsp3) is 0.636. The topological polar surface area (TPSA) is 34.4 Å². The molecule has 0 aliphatic heterocycles. The molecule has 1 aromatic rings. The van der Waals surface area contributed by atoms with E-state index in [1.165, 1.54) is 0 Å². The third-order valence-corrected chi connectivity index (χ3v) is 2.29. The van der Waals surface area contributed by atoms with Crippen LogP contribution in [0.2, 0.25) is 0 Å². The summed E-state index contributed by atoms with van der Waals surface area (Å²) in [5.41, 5.74) is 0. The highest BCUT2D eigenvalue weighted by Gasteiger charge is 2.11. The molecule has 3 nitrogen and oxygen atoms in total. The predicted molar refractivity (Wildman–Crippen MR) is 56.4 cm³/mol. The van der Waals surface area contributed by atoms with Crippen LogP contribution >= 0.6 is 0 Å². The lowest BCUT2D eigenvalue weighted by atomic mass is 10.1. The summed E-state index contributed by atoms with van der Waals surface area (Å²) in [7, 11) is 3.68. The average Bonchev–Trinajstić information content (AvgIpc) is 2.60. The van der Waals surface area contributed by atoms with Gasteiger partial charge in [0.25, 0.3) is 0 Å². The van der Waals surface area contributed by atoms with Gasteiger partial charge in [-0.2, -0.15) is 0 Å². The van der Waals surface area contributed by atoms with Crippen LogP contribution in [0.3, 0.4) is 0 Å². The number of rotatable bonds is 6. The summed E-state index contributed by atoms with van der Waals surface area (Å²) in [5, 5.41) is 3.24.